The van der Waals surface area contributed by atoms with Crippen LogP contribution in [0.2, 0.25) is 0 Å². The second-order valence-corrected chi connectivity index (χ2v) is 7.30. The Labute approximate surface area is 106 Å². The second kappa shape index (κ2) is 5.22. The van der Waals surface area contributed by atoms with Crippen molar-refractivity contribution in [2.45, 2.75) is 4.90 Å². The number of nitrogen functional groups attached to an aromatic ring is 1. The van der Waals surface area contributed by atoms with Gasteiger partial charge < -0.3 is 5.73 Å². The summed E-state index contributed by atoms with van der Waals surface area (Å²) in [6.07, 6.45) is 0. The summed E-state index contributed by atoms with van der Waals surface area (Å²) < 4.78 is 54.5. The van der Waals surface area contributed by atoms with Crippen LogP contribution in [0.1, 0.15) is 0 Å². The van der Waals surface area contributed by atoms with Gasteiger partial charge in [-0.1, -0.05) is 0 Å². The first-order chi connectivity index (χ1) is 8.13. The van der Waals surface area contributed by atoms with E-state index in [9.17, 15) is 16.8 Å². The quantitative estimate of drug-likeness (QED) is 0.572. The van der Waals surface area contributed by atoms with E-state index in [4.69, 9.17) is 10.3 Å². The van der Waals surface area contributed by atoms with Gasteiger partial charge in [-0.3, -0.25) is 4.55 Å². The van der Waals surface area contributed by atoms with E-state index in [0.29, 0.717) is 5.69 Å². The molecule has 18 heavy (non-hydrogen) atoms. The zero-order valence-corrected chi connectivity index (χ0v) is 11.3. The first kappa shape index (κ1) is 14.9. The highest BCUT2D eigenvalue weighted by atomic mass is 32.2. The normalized spacial score (nSPS) is 12.8. The van der Waals surface area contributed by atoms with Crippen molar-refractivity contribution in [2.24, 2.45) is 0 Å². The van der Waals surface area contributed by atoms with Crippen LogP contribution in [0.4, 0.5) is 5.69 Å². The third-order valence-corrected chi connectivity index (χ3v) is 4.82. The Kier molecular flexibility index (Phi) is 4.32. The second-order valence-electron chi connectivity index (χ2n) is 3.68. The minimum absolute atomic E-state index is 0.00883. The summed E-state index contributed by atoms with van der Waals surface area (Å²) >= 11 is 0. The van der Waals surface area contributed by atoms with Gasteiger partial charge in [-0.15, -0.1) is 0 Å². The van der Waals surface area contributed by atoms with Crippen LogP contribution >= 0.6 is 0 Å². The molecule has 0 fully saturated rings. The number of hydrogen-bond donors (Lipinski definition) is 2. The lowest BCUT2D eigenvalue weighted by Gasteiger charge is -2.16. The lowest BCUT2D eigenvalue weighted by atomic mass is 10.3. The number of sulfonamides is 1. The van der Waals surface area contributed by atoms with Crippen molar-refractivity contribution >= 4 is 25.8 Å². The number of rotatable bonds is 5. The highest BCUT2D eigenvalue weighted by Crippen LogP contribution is 2.15. The van der Waals surface area contributed by atoms with Crippen molar-refractivity contribution in [1.82, 2.24) is 4.31 Å². The van der Waals surface area contributed by atoms with Crippen molar-refractivity contribution in [1.29, 1.82) is 0 Å². The van der Waals surface area contributed by atoms with Crippen molar-refractivity contribution < 1.29 is 21.4 Å². The minimum atomic E-state index is -4.19. The van der Waals surface area contributed by atoms with Gasteiger partial charge in [0.2, 0.25) is 10.0 Å². The van der Waals surface area contributed by atoms with E-state index < -0.39 is 25.9 Å². The summed E-state index contributed by atoms with van der Waals surface area (Å²) in [4.78, 5) is 0.00883. The van der Waals surface area contributed by atoms with Crippen molar-refractivity contribution in [3.63, 3.8) is 0 Å². The Hall–Kier alpha value is -1.16. The van der Waals surface area contributed by atoms with E-state index in [1.807, 2.05) is 0 Å². The average Bonchev–Trinajstić information content (AvgIpc) is 2.25. The fraction of sp³-hybridized carbons (Fsp3) is 0.333. The summed E-state index contributed by atoms with van der Waals surface area (Å²) in [7, 11) is -6.74. The predicted octanol–water partition coefficient (Wildman–Crippen LogP) is -0.223. The molecular weight excluding hydrogens is 280 g/mol. The number of nitrogens with two attached hydrogens (primary N) is 1. The van der Waals surface area contributed by atoms with E-state index in [2.05, 4.69) is 0 Å². The van der Waals surface area contributed by atoms with Gasteiger partial charge in [-0.2, -0.15) is 12.7 Å². The molecule has 9 heteroatoms. The number of anilines is 1. The minimum Gasteiger partial charge on any atom is -0.399 e. The SMILES string of the molecule is CN(CCS(=O)(=O)O)S(=O)(=O)c1ccc(N)cc1. The van der Waals surface area contributed by atoms with Crippen LogP contribution in [0.5, 0.6) is 0 Å². The van der Waals surface area contributed by atoms with Crippen LogP contribution < -0.4 is 5.73 Å². The molecule has 102 valence electrons. The highest BCUT2D eigenvalue weighted by molar-refractivity contribution is 7.89. The van der Waals surface area contributed by atoms with Gasteiger partial charge >= 0.3 is 0 Å². The Bertz CT molecular complexity index is 607. The average molecular weight is 294 g/mol. The van der Waals surface area contributed by atoms with Gasteiger partial charge in [-0.05, 0) is 24.3 Å². The molecule has 0 heterocycles. The standard InChI is InChI=1S/C9H14N2O5S2/c1-11(6-7-17(12,13)14)18(15,16)9-4-2-8(10)3-5-9/h2-5H,6-7,10H2,1H3,(H,12,13,14). The van der Waals surface area contributed by atoms with E-state index >= 15 is 0 Å². The molecule has 0 bridgehead atoms. The highest BCUT2D eigenvalue weighted by Gasteiger charge is 2.21. The molecule has 0 aliphatic heterocycles. The van der Waals surface area contributed by atoms with Gasteiger partial charge in [0.25, 0.3) is 10.1 Å². The third kappa shape index (κ3) is 3.95. The zero-order chi connectivity index (χ0) is 14.0. The van der Waals surface area contributed by atoms with E-state index in [1.54, 1.807) is 0 Å². The maximum absolute atomic E-state index is 12.0. The maximum Gasteiger partial charge on any atom is 0.266 e. The Morgan fingerprint density at radius 1 is 1.17 bits per heavy atom. The molecule has 7 nitrogen and oxygen atoms in total. The Morgan fingerprint density at radius 3 is 2.11 bits per heavy atom. The van der Waals surface area contributed by atoms with E-state index in [0.717, 1.165) is 4.31 Å². The molecule has 1 rings (SSSR count). The van der Waals surface area contributed by atoms with Crippen LogP contribution in [0.3, 0.4) is 0 Å². The molecule has 0 aromatic heterocycles. The summed E-state index contributed by atoms with van der Waals surface area (Å²) in [5.74, 6) is -0.655. The summed E-state index contributed by atoms with van der Waals surface area (Å²) in [6, 6.07) is 5.52. The number of benzene rings is 1. The Morgan fingerprint density at radius 2 is 1.67 bits per heavy atom. The molecule has 0 spiro atoms. The molecular formula is C9H14N2O5S2. The van der Waals surface area contributed by atoms with Crippen LogP contribution in [0.15, 0.2) is 29.2 Å². The largest absolute Gasteiger partial charge is 0.399 e. The summed E-state index contributed by atoms with van der Waals surface area (Å²) in [6.45, 7) is -0.328. The van der Waals surface area contributed by atoms with Crippen LogP contribution in [0, 0.1) is 0 Å². The van der Waals surface area contributed by atoms with Crippen molar-refractivity contribution in [3.8, 4) is 0 Å². The van der Waals surface area contributed by atoms with Crippen molar-refractivity contribution in [2.75, 3.05) is 25.1 Å². The molecule has 1 aromatic carbocycles. The van der Waals surface area contributed by atoms with Crippen LogP contribution in [-0.2, 0) is 20.1 Å². The molecule has 0 aliphatic rings. The molecule has 0 atom stereocenters. The molecule has 0 amide bonds. The molecule has 0 radical (unpaired) electrons. The fourth-order valence-corrected chi connectivity index (χ4v) is 2.98. The lowest BCUT2D eigenvalue weighted by Crippen LogP contribution is -2.31. The summed E-state index contributed by atoms with van der Waals surface area (Å²) in [5, 5.41) is 0. The van der Waals surface area contributed by atoms with Gasteiger partial charge in [0.1, 0.15) is 0 Å². The number of nitrogens with zero attached hydrogens (tertiary/aromatic N) is 1. The van der Waals surface area contributed by atoms with Crippen LogP contribution in [0.25, 0.3) is 0 Å². The zero-order valence-electron chi connectivity index (χ0n) is 9.64. The first-order valence-electron chi connectivity index (χ1n) is 4.90. The van der Waals surface area contributed by atoms with Crippen molar-refractivity contribution in [3.05, 3.63) is 24.3 Å². The molecule has 3 N–H and O–H groups in total. The topological polar surface area (TPSA) is 118 Å². The lowest BCUT2D eigenvalue weighted by molar-refractivity contribution is 0.459. The smallest absolute Gasteiger partial charge is 0.266 e. The fourth-order valence-electron chi connectivity index (χ4n) is 1.18. The predicted molar refractivity (Wildman–Crippen MR) is 67.1 cm³/mol. The number of hydrogen-bond acceptors (Lipinski definition) is 5. The van der Waals surface area contributed by atoms with Gasteiger partial charge in [0.15, 0.2) is 0 Å². The van der Waals surface area contributed by atoms with Gasteiger partial charge in [0.05, 0.1) is 10.6 Å². The van der Waals surface area contributed by atoms with Gasteiger partial charge in [-0.25, -0.2) is 8.42 Å². The molecule has 0 aliphatic carbocycles. The van der Waals surface area contributed by atoms with E-state index in [-0.39, 0.29) is 11.4 Å². The van der Waals surface area contributed by atoms with E-state index in [1.165, 1.54) is 31.3 Å². The molecule has 0 unspecified atom stereocenters. The monoisotopic (exact) mass is 294 g/mol. The molecule has 0 saturated heterocycles. The maximum atomic E-state index is 12.0. The molecule has 0 saturated carbocycles. The van der Waals surface area contributed by atoms with Crippen LogP contribution in [-0.4, -0.2) is 45.0 Å². The summed E-state index contributed by atoms with van der Waals surface area (Å²) in [5.41, 5.74) is 5.87. The molecule has 1 aromatic rings. The Balaban J connectivity index is 2.90. The third-order valence-electron chi connectivity index (χ3n) is 2.25. The van der Waals surface area contributed by atoms with Gasteiger partial charge in [0, 0.05) is 19.3 Å². The first-order valence-corrected chi connectivity index (χ1v) is 7.95.